The second-order valence-electron chi connectivity index (χ2n) is 3.74. The highest BCUT2D eigenvalue weighted by atomic mass is 35.5. The summed E-state index contributed by atoms with van der Waals surface area (Å²) in [5, 5.41) is 8.22. The van der Waals surface area contributed by atoms with E-state index in [-0.39, 0.29) is 0 Å². The molecule has 0 aliphatic carbocycles. The van der Waals surface area contributed by atoms with Crippen molar-refractivity contribution in [3.63, 3.8) is 0 Å². The minimum absolute atomic E-state index is 0.721. The largest absolute Gasteiger partial charge is 0.314 e. The smallest absolute Gasteiger partial charge is 0.0832 e. The third-order valence-electron chi connectivity index (χ3n) is 2.35. The number of halogens is 1. The maximum atomic E-state index is 6.17. The zero-order valence-electron chi connectivity index (χ0n) is 9.37. The zero-order chi connectivity index (χ0) is 11.5. The van der Waals surface area contributed by atoms with Gasteiger partial charge in [0.1, 0.15) is 0 Å². The summed E-state index contributed by atoms with van der Waals surface area (Å²) in [6.45, 7) is 2.78. The summed E-state index contributed by atoms with van der Waals surface area (Å²) in [6.07, 6.45) is 1.92. The summed E-state index contributed by atoms with van der Waals surface area (Å²) in [6, 6.07) is 7.93. The number of aryl methyl sites for hydroxylation is 1. The van der Waals surface area contributed by atoms with Gasteiger partial charge in [0.25, 0.3) is 0 Å². The van der Waals surface area contributed by atoms with Crippen molar-refractivity contribution in [3.05, 3.63) is 46.7 Å². The Hall–Kier alpha value is -1.32. The van der Waals surface area contributed by atoms with E-state index in [2.05, 4.69) is 10.4 Å². The molecule has 0 aliphatic heterocycles. The van der Waals surface area contributed by atoms with Gasteiger partial charge < -0.3 is 5.32 Å². The first kappa shape index (κ1) is 11.2. The Morgan fingerprint density at radius 2 is 2.19 bits per heavy atom. The molecule has 1 N–H and O–H groups in total. The SMILES string of the molecule is CNCc1ccn(-c2ccc(C)cc2Cl)n1. The van der Waals surface area contributed by atoms with Crippen molar-refractivity contribution >= 4 is 11.6 Å². The first-order valence-electron chi connectivity index (χ1n) is 5.16. The van der Waals surface area contributed by atoms with Gasteiger partial charge in [-0.1, -0.05) is 17.7 Å². The van der Waals surface area contributed by atoms with Gasteiger partial charge in [0.05, 0.1) is 16.4 Å². The topological polar surface area (TPSA) is 29.9 Å². The average Bonchev–Trinajstić information content (AvgIpc) is 2.67. The summed E-state index contributed by atoms with van der Waals surface area (Å²) in [5.74, 6) is 0. The summed E-state index contributed by atoms with van der Waals surface area (Å²) in [4.78, 5) is 0. The number of hydrogen-bond donors (Lipinski definition) is 1. The van der Waals surface area contributed by atoms with Crippen molar-refractivity contribution in [2.24, 2.45) is 0 Å². The molecular formula is C12H14ClN3. The Bertz CT molecular complexity index is 491. The number of aromatic nitrogens is 2. The van der Waals surface area contributed by atoms with Gasteiger partial charge in [-0.15, -0.1) is 0 Å². The summed E-state index contributed by atoms with van der Waals surface area (Å²) in [7, 11) is 1.90. The van der Waals surface area contributed by atoms with Crippen LogP contribution in [0, 0.1) is 6.92 Å². The normalized spacial score (nSPS) is 10.7. The van der Waals surface area contributed by atoms with Crippen LogP contribution < -0.4 is 5.32 Å². The molecule has 4 heteroatoms. The molecule has 16 heavy (non-hydrogen) atoms. The van der Waals surface area contributed by atoms with Crippen molar-refractivity contribution < 1.29 is 0 Å². The average molecular weight is 236 g/mol. The molecule has 0 radical (unpaired) electrons. The summed E-state index contributed by atoms with van der Waals surface area (Å²) >= 11 is 6.17. The quantitative estimate of drug-likeness (QED) is 0.886. The van der Waals surface area contributed by atoms with E-state index >= 15 is 0 Å². The zero-order valence-corrected chi connectivity index (χ0v) is 10.1. The Morgan fingerprint density at radius 3 is 2.88 bits per heavy atom. The van der Waals surface area contributed by atoms with Crippen LogP contribution >= 0.6 is 11.6 Å². The molecule has 0 atom stereocenters. The van der Waals surface area contributed by atoms with E-state index in [0.717, 1.165) is 28.5 Å². The second kappa shape index (κ2) is 4.68. The van der Waals surface area contributed by atoms with Crippen molar-refractivity contribution in [2.45, 2.75) is 13.5 Å². The molecule has 0 saturated heterocycles. The molecule has 2 rings (SSSR count). The third-order valence-corrected chi connectivity index (χ3v) is 2.65. The van der Waals surface area contributed by atoms with Gasteiger partial charge in [-0.3, -0.25) is 0 Å². The molecular weight excluding hydrogens is 222 g/mol. The molecule has 1 aromatic heterocycles. The second-order valence-corrected chi connectivity index (χ2v) is 4.14. The third kappa shape index (κ3) is 2.26. The van der Waals surface area contributed by atoms with Crippen LogP contribution in [-0.4, -0.2) is 16.8 Å². The molecule has 84 valence electrons. The van der Waals surface area contributed by atoms with Crippen molar-refractivity contribution in [1.82, 2.24) is 15.1 Å². The van der Waals surface area contributed by atoms with Gasteiger partial charge in [0.2, 0.25) is 0 Å². The predicted molar refractivity (Wildman–Crippen MR) is 66.1 cm³/mol. The molecule has 3 nitrogen and oxygen atoms in total. The van der Waals surface area contributed by atoms with E-state index in [0.29, 0.717) is 0 Å². The highest BCUT2D eigenvalue weighted by Gasteiger charge is 2.04. The monoisotopic (exact) mass is 235 g/mol. The van der Waals surface area contributed by atoms with Crippen LogP contribution in [0.25, 0.3) is 5.69 Å². The Labute approximate surface area is 100 Å². The van der Waals surface area contributed by atoms with Crippen LogP contribution in [0.4, 0.5) is 0 Å². The van der Waals surface area contributed by atoms with Gasteiger partial charge in [-0.25, -0.2) is 4.68 Å². The number of benzene rings is 1. The summed E-state index contributed by atoms with van der Waals surface area (Å²) in [5.41, 5.74) is 3.06. The van der Waals surface area contributed by atoms with Crippen molar-refractivity contribution in [1.29, 1.82) is 0 Å². The lowest BCUT2D eigenvalue weighted by atomic mass is 10.2. The van der Waals surface area contributed by atoms with E-state index < -0.39 is 0 Å². The highest BCUT2D eigenvalue weighted by molar-refractivity contribution is 6.32. The summed E-state index contributed by atoms with van der Waals surface area (Å²) < 4.78 is 1.80. The van der Waals surface area contributed by atoms with Crippen LogP contribution in [-0.2, 0) is 6.54 Å². The number of nitrogens with one attached hydrogen (secondary N) is 1. The molecule has 0 unspecified atom stereocenters. The van der Waals surface area contributed by atoms with Gasteiger partial charge in [0.15, 0.2) is 0 Å². The molecule has 0 spiro atoms. The fourth-order valence-corrected chi connectivity index (χ4v) is 1.89. The lowest BCUT2D eigenvalue weighted by molar-refractivity contribution is 0.757. The molecule has 0 saturated carbocycles. The maximum absolute atomic E-state index is 6.17. The first-order valence-corrected chi connectivity index (χ1v) is 5.54. The number of rotatable bonds is 3. The van der Waals surface area contributed by atoms with E-state index in [9.17, 15) is 0 Å². The van der Waals surface area contributed by atoms with Gasteiger partial charge in [-0.2, -0.15) is 5.10 Å². The number of hydrogen-bond acceptors (Lipinski definition) is 2. The standard InChI is InChI=1S/C12H14ClN3/c1-9-3-4-12(11(13)7-9)16-6-5-10(15-16)8-14-2/h3-7,14H,8H2,1-2H3. The minimum atomic E-state index is 0.721. The fraction of sp³-hybridized carbons (Fsp3) is 0.250. The maximum Gasteiger partial charge on any atom is 0.0832 e. The fourth-order valence-electron chi connectivity index (χ4n) is 1.57. The molecule has 1 heterocycles. The van der Waals surface area contributed by atoms with Crippen molar-refractivity contribution in [2.75, 3.05) is 7.05 Å². The Morgan fingerprint density at radius 1 is 1.38 bits per heavy atom. The van der Waals surface area contributed by atoms with Crippen LogP contribution in [0.5, 0.6) is 0 Å². The van der Waals surface area contributed by atoms with E-state index in [1.165, 1.54) is 0 Å². The molecule has 0 aliphatic rings. The molecule has 0 bridgehead atoms. The lowest BCUT2D eigenvalue weighted by Gasteiger charge is -2.04. The highest BCUT2D eigenvalue weighted by Crippen LogP contribution is 2.21. The van der Waals surface area contributed by atoms with E-state index in [4.69, 9.17) is 11.6 Å². The molecule has 2 aromatic rings. The van der Waals surface area contributed by atoms with Crippen LogP contribution in [0.1, 0.15) is 11.3 Å². The lowest BCUT2D eigenvalue weighted by Crippen LogP contribution is -2.06. The van der Waals surface area contributed by atoms with Gasteiger partial charge in [-0.05, 0) is 37.7 Å². The molecule has 1 aromatic carbocycles. The Balaban J connectivity index is 2.35. The minimum Gasteiger partial charge on any atom is -0.314 e. The van der Waals surface area contributed by atoms with Crippen LogP contribution in [0.2, 0.25) is 5.02 Å². The van der Waals surface area contributed by atoms with Crippen molar-refractivity contribution in [3.8, 4) is 5.69 Å². The van der Waals surface area contributed by atoms with Gasteiger partial charge >= 0.3 is 0 Å². The Kier molecular flexibility index (Phi) is 3.27. The first-order chi connectivity index (χ1) is 7.70. The van der Waals surface area contributed by atoms with E-state index in [1.807, 2.05) is 44.4 Å². The van der Waals surface area contributed by atoms with Crippen LogP contribution in [0.3, 0.4) is 0 Å². The predicted octanol–water partition coefficient (Wildman–Crippen LogP) is 2.55. The molecule has 0 amide bonds. The van der Waals surface area contributed by atoms with Crippen LogP contribution in [0.15, 0.2) is 30.5 Å². The van der Waals surface area contributed by atoms with E-state index in [1.54, 1.807) is 4.68 Å². The number of nitrogens with zero attached hydrogens (tertiary/aromatic N) is 2. The molecule has 0 fully saturated rings. The van der Waals surface area contributed by atoms with Gasteiger partial charge in [0, 0.05) is 12.7 Å².